The summed E-state index contributed by atoms with van der Waals surface area (Å²) in [5.41, 5.74) is 9.37. The Morgan fingerprint density at radius 1 is 1.15 bits per heavy atom. The van der Waals surface area contributed by atoms with E-state index in [0.29, 0.717) is 16.5 Å². The van der Waals surface area contributed by atoms with Gasteiger partial charge in [-0.25, -0.2) is 0 Å². The zero-order valence-electron chi connectivity index (χ0n) is 11.5. The molecular formula is C16H17Cl2NO. The molecule has 106 valence electrons. The maximum atomic E-state index is 6.31. The summed E-state index contributed by atoms with van der Waals surface area (Å²) >= 11 is 12.2. The average Bonchev–Trinajstić information content (AvgIpc) is 2.42. The van der Waals surface area contributed by atoms with Crippen LogP contribution < -0.4 is 10.5 Å². The molecule has 0 radical (unpaired) electrons. The summed E-state index contributed by atoms with van der Waals surface area (Å²) in [4.78, 5) is 0. The lowest BCUT2D eigenvalue weighted by Gasteiger charge is -2.17. The van der Waals surface area contributed by atoms with Gasteiger partial charge in [-0.3, -0.25) is 0 Å². The molecule has 0 saturated heterocycles. The highest BCUT2D eigenvalue weighted by Crippen LogP contribution is 2.30. The number of rotatable bonds is 4. The van der Waals surface area contributed by atoms with Gasteiger partial charge in [-0.05, 0) is 43.2 Å². The maximum Gasteiger partial charge on any atom is 0.123 e. The van der Waals surface area contributed by atoms with Gasteiger partial charge in [-0.2, -0.15) is 0 Å². The predicted octanol–water partition coefficient (Wildman–Crippen LogP) is 4.55. The number of hydrogen-bond donors (Lipinski definition) is 1. The van der Waals surface area contributed by atoms with Crippen molar-refractivity contribution >= 4 is 23.2 Å². The van der Waals surface area contributed by atoms with Crippen molar-refractivity contribution < 1.29 is 4.74 Å². The van der Waals surface area contributed by atoms with E-state index in [2.05, 4.69) is 0 Å². The first kappa shape index (κ1) is 15.2. The topological polar surface area (TPSA) is 35.2 Å². The van der Waals surface area contributed by atoms with Crippen molar-refractivity contribution in [1.29, 1.82) is 0 Å². The monoisotopic (exact) mass is 309 g/mol. The third-order valence-corrected chi connectivity index (χ3v) is 3.84. The third kappa shape index (κ3) is 3.45. The van der Waals surface area contributed by atoms with Crippen LogP contribution in [0.2, 0.25) is 10.0 Å². The molecule has 0 aliphatic heterocycles. The molecule has 2 aromatic carbocycles. The lowest BCUT2D eigenvalue weighted by molar-refractivity contribution is 0.405. The number of aryl methyl sites for hydroxylation is 1. The average molecular weight is 310 g/mol. The lowest BCUT2D eigenvalue weighted by Crippen LogP contribution is -2.15. The fourth-order valence-electron chi connectivity index (χ4n) is 2.19. The van der Waals surface area contributed by atoms with Gasteiger partial charge < -0.3 is 10.5 Å². The van der Waals surface area contributed by atoms with E-state index in [1.54, 1.807) is 19.2 Å². The SMILES string of the molecule is COc1ccc(C)cc1C(N)Cc1cc(Cl)ccc1Cl. The first-order chi connectivity index (χ1) is 9.51. The van der Waals surface area contributed by atoms with Gasteiger partial charge in [0.15, 0.2) is 0 Å². The summed E-state index contributed by atoms with van der Waals surface area (Å²) in [5, 5.41) is 1.34. The first-order valence-corrected chi connectivity index (χ1v) is 7.11. The van der Waals surface area contributed by atoms with Crippen LogP contribution in [0, 0.1) is 6.92 Å². The molecule has 2 N–H and O–H groups in total. The van der Waals surface area contributed by atoms with E-state index in [9.17, 15) is 0 Å². The summed E-state index contributed by atoms with van der Waals surface area (Å²) in [5.74, 6) is 0.793. The molecule has 1 atom stereocenters. The van der Waals surface area contributed by atoms with E-state index in [-0.39, 0.29) is 6.04 Å². The van der Waals surface area contributed by atoms with Crippen LogP contribution >= 0.6 is 23.2 Å². The number of methoxy groups -OCH3 is 1. The highest BCUT2D eigenvalue weighted by molar-refractivity contribution is 6.33. The van der Waals surface area contributed by atoms with Gasteiger partial charge in [0.05, 0.1) is 7.11 Å². The van der Waals surface area contributed by atoms with E-state index in [1.807, 2.05) is 31.2 Å². The Hall–Kier alpha value is -1.22. The highest BCUT2D eigenvalue weighted by atomic mass is 35.5. The van der Waals surface area contributed by atoms with Crippen LogP contribution in [0.1, 0.15) is 22.7 Å². The molecule has 2 rings (SSSR count). The molecule has 0 saturated carbocycles. The second-order valence-electron chi connectivity index (χ2n) is 4.79. The zero-order valence-corrected chi connectivity index (χ0v) is 13.0. The van der Waals surface area contributed by atoms with E-state index in [1.165, 1.54) is 0 Å². The third-order valence-electron chi connectivity index (χ3n) is 3.23. The van der Waals surface area contributed by atoms with Crippen molar-refractivity contribution in [2.45, 2.75) is 19.4 Å². The molecule has 4 heteroatoms. The standard InChI is InChI=1S/C16H17Cl2NO/c1-10-3-6-16(20-2)13(7-10)15(19)9-11-8-12(17)4-5-14(11)18/h3-8,15H,9,19H2,1-2H3. The Morgan fingerprint density at radius 2 is 1.90 bits per heavy atom. The number of nitrogens with two attached hydrogens (primary N) is 1. The largest absolute Gasteiger partial charge is 0.496 e. The number of halogens is 2. The Bertz CT molecular complexity index is 613. The van der Waals surface area contributed by atoms with Crippen molar-refractivity contribution in [1.82, 2.24) is 0 Å². The summed E-state index contributed by atoms with van der Waals surface area (Å²) in [6.07, 6.45) is 0.610. The van der Waals surface area contributed by atoms with Crippen LogP contribution in [-0.4, -0.2) is 7.11 Å². The van der Waals surface area contributed by atoms with Crippen molar-refractivity contribution in [3.63, 3.8) is 0 Å². The van der Waals surface area contributed by atoms with Crippen LogP contribution in [0.15, 0.2) is 36.4 Å². The van der Waals surface area contributed by atoms with Crippen LogP contribution in [-0.2, 0) is 6.42 Å². The van der Waals surface area contributed by atoms with E-state index < -0.39 is 0 Å². The van der Waals surface area contributed by atoms with E-state index in [0.717, 1.165) is 22.4 Å². The van der Waals surface area contributed by atoms with Gasteiger partial charge in [0.1, 0.15) is 5.75 Å². The Kier molecular flexibility index (Phi) is 4.92. The first-order valence-electron chi connectivity index (χ1n) is 6.35. The Balaban J connectivity index is 2.30. The molecule has 20 heavy (non-hydrogen) atoms. The molecule has 2 nitrogen and oxygen atoms in total. The minimum atomic E-state index is -0.194. The molecule has 2 aromatic rings. The van der Waals surface area contributed by atoms with Crippen LogP contribution in [0.25, 0.3) is 0 Å². The van der Waals surface area contributed by atoms with Crippen LogP contribution in [0.3, 0.4) is 0 Å². The number of ether oxygens (including phenoxy) is 1. The Labute approximate surface area is 129 Å². The van der Waals surface area contributed by atoms with E-state index >= 15 is 0 Å². The van der Waals surface area contributed by atoms with Gasteiger partial charge in [0.2, 0.25) is 0 Å². The fourth-order valence-corrected chi connectivity index (χ4v) is 2.58. The lowest BCUT2D eigenvalue weighted by atomic mass is 9.97. The van der Waals surface area contributed by atoms with Crippen LogP contribution in [0.4, 0.5) is 0 Å². The molecular weight excluding hydrogens is 293 g/mol. The zero-order chi connectivity index (χ0) is 14.7. The van der Waals surface area contributed by atoms with Crippen molar-refractivity contribution in [3.8, 4) is 5.75 Å². The second kappa shape index (κ2) is 6.49. The van der Waals surface area contributed by atoms with Crippen molar-refractivity contribution in [2.75, 3.05) is 7.11 Å². The number of benzene rings is 2. The quantitative estimate of drug-likeness (QED) is 0.899. The minimum absolute atomic E-state index is 0.194. The van der Waals surface area contributed by atoms with E-state index in [4.69, 9.17) is 33.7 Å². The van der Waals surface area contributed by atoms with Gasteiger partial charge >= 0.3 is 0 Å². The molecule has 0 aliphatic carbocycles. The van der Waals surface area contributed by atoms with Crippen molar-refractivity contribution in [2.24, 2.45) is 5.73 Å². The smallest absolute Gasteiger partial charge is 0.123 e. The van der Waals surface area contributed by atoms with Gasteiger partial charge in [0, 0.05) is 21.7 Å². The normalized spacial score (nSPS) is 12.2. The van der Waals surface area contributed by atoms with Crippen LogP contribution in [0.5, 0.6) is 5.75 Å². The molecule has 0 aromatic heterocycles. The second-order valence-corrected chi connectivity index (χ2v) is 5.64. The van der Waals surface area contributed by atoms with Crippen molar-refractivity contribution in [3.05, 3.63) is 63.1 Å². The van der Waals surface area contributed by atoms with Gasteiger partial charge in [-0.1, -0.05) is 40.9 Å². The highest BCUT2D eigenvalue weighted by Gasteiger charge is 2.14. The molecule has 1 unspecified atom stereocenters. The molecule has 0 spiro atoms. The number of hydrogen-bond acceptors (Lipinski definition) is 2. The predicted molar refractivity (Wildman–Crippen MR) is 84.8 cm³/mol. The summed E-state index contributed by atoms with van der Waals surface area (Å²) in [6, 6.07) is 11.2. The maximum absolute atomic E-state index is 6.31. The molecule has 0 fully saturated rings. The Morgan fingerprint density at radius 3 is 2.60 bits per heavy atom. The molecule has 0 bridgehead atoms. The van der Waals surface area contributed by atoms with Gasteiger partial charge in [-0.15, -0.1) is 0 Å². The fraction of sp³-hybridized carbons (Fsp3) is 0.250. The summed E-state index contributed by atoms with van der Waals surface area (Å²) < 4.78 is 5.37. The molecule has 0 amide bonds. The molecule has 0 heterocycles. The van der Waals surface area contributed by atoms with Gasteiger partial charge in [0.25, 0.3) is 0 Å². The summed E-state index contributed by atoms with van der Waals surface area (Å²) in [6.45, 7) is 2.03. The minimum Gasteiger partial charge on any atom is -0.496 e. The molecule has 0 aliphatic rings. The summed E-state index contributed by atoms with van der Waals surface area (Å²) in [7, 11) is 1.65.